The summed E-state index contributed by atoms with van der Waals surface area (Å²) in [6.07, 6.45) is 5.32. The highest BCUT2D eigenvalue weighted by molar-refractivity contribution is 5.34. The van der Waals surface area contributed by atoms with Crippen molar-refractivity contribution in [2.45, 2.75) is 13.0 Å². The first kappa shape index (κ1) is 8.90. The van der Waals surface area contributed by atoms with Gasteiger partial charge in [-0.15, -0.1) is 0 Å². The van der Waals surface area contributed by atoms with E-state index in [1.54, 1.807) is 17.1 Å². The van der Waals surface area contributed by atoms with Crippen molar-refractivity contribution in [3.8, 4) is 5.82 Å². The fraction of sp³-hybridized carbons (Fsp3) is 0.200. The minimum Gasteiger partial charge on any atom is -0.324 e. The molecule has 0 amide bonds. The smallest absolute Gasteiger partial charge is 0.158 e. The van der Waals surface area contributed by atoms with Gasteiger partial charge in [0.1, 0.15) is 0 Å². The van der Waals surface area contributed by atoms with Crippen LogP contribution in [0.4, 0.5) is 0 Å². The van der Waals surface area contributed by atoms with Crippen molar-refractivity contribution in [2.24, 2.45) is 5.73 Å². The lowest BCUT2D eigenvalue weighted by atomic mass is 10.1. The molecule has 1 unspecified atom stereocenters. The third-order valence-corrected chi connectivity index (χ3v) is 2.03. The van der Waals surface area contributed by atoms with Gasteiger partial charge in [0.15, 0.2) is 5.82 Å². The fourth-order valence-electron chi connectivity index (χ4n) is 1.35. The van der Waals surface area contributed by atoms with Gasteiger partial charge in [-0.3, -0.25) is 0 Å². The van der Waals surface area contributed by atoms with Gasteiger partial charge >= 0.3 is 0 Å². The second kappa shape index (κ2) is 3.59. The Morgan fingerprint density at radius 3 is 2.86 bits per heavy atom. The molecule has 2 aromatic rings. The lowest BCUT2D eigenvalue weighted by Gasteiger charge is -2.10. The van der Waals surface area contributed by atoms with Crippen molar-refractivity contribution in [1.82, 2.24) is 14.8 Å². The summed E-state index contributed by atoms with van der Waals surface area (Å²) in [7, 11) is 0. The molecular formula is C10H12N4. The van der Waals surface area contributed by atoms with Gasteiger partial charge in [0.05, 0.1) is 0 Å². The first-order chi connectivity index (χ1) is 6.79. The summed E-state index contributed by atoms with van der Waals surface area (Å²) in [4.78, 5) is 4.26. The molecule has 2 aromatic heterocycles. The first-order valence-electron chi connectivity index (χ1n) is 4.49. The van der Waals surface area contributed by atoms with Crippen molar-refractivity contribution in [1.29, 1.82) is 0 Å². The van der Waals surface area contributed by atoms with Gasteiger partial charge in [0.25, 0.3) is 0 Å². The van der Waals surface area contributed by atoms with Crippen LogP contribution >= 0.6 is 0 Å². The van der Waals surface area contributed by atoms with Crippen LogP contribution in [-0.2, 0) is 0 Å². The second-order valence-corrected chi connectivity index (χ2v) is 3.16. The maximum Gasteiger partial charge on any atom is 0.158 e. The minimum absolute atomic E-state index is 0.0390. The first-order valence-corrected chi connectivity index (χ1v) is 4.49. The van der Waals surface area contributed by atoms with Gasteiger partial charge in [-0.25, -0.2) is 9.67 Å². The van der Waals surface area contributed by atoms with Gasteiger partial charge in [0, 0.05) is 30.2 Å². The zero-order chi connectivity index (χ0) is 9.97. The lowest BCUT2D eigenvalue weighted by molar-refractivity contribution is 0.761. The molecule has 72 valence electrons. The van der Waals surface area contributed by atoms with Crippen LogP contribution in [0.15, 0.2) is 36.8 Å². The summed E-state index contributed by atoms with van der Waals surface area (Å²) in [5, 5.41) is 4.13. The summed E-state index contributed by atoms with van der Waals surface area (Å²) in [5.41, 5.74) is 6.84. The molecule has 1 atom stereocenters. The normalized spacial score (nSPS) is 12.7. The monoisotopic (exact) mass is 188 g/mol. The van der Waals surface area contributed by atoms with Crippen molar-refractivity contribution < 1.29 is 0 Å². The Hall–Kier alpha value is -1.68. The predicted octanol–water partition coefficient (Wildman–Crippen LogP) is 1.29. The molecule has 4 nitrogen and oxygen atoms in total. The number of nitrogens with two attached hydrogens (primary N) is 1. The molecule has 0 radical (unpaired) electrons. The van der Waals surface area contributed by atoms with Crippen LogP contribution in [-0.4, -0.2) is 14.8 Å². The molecule has 0 aliphatic rings. The molecule has 0 saturated carbocycles. The topological polar surface area (TPSA) is 56.7 Å². The Kier molecular flexibility index (Phi) is 2.28. The Labute approximate surface area is 82.4 Å². The van der Waals surface area contributed by atoms with E-state index in [1.807, 2.05) is 31.3 Å². The average molecular weight is 188 g/mol. The van der Waals surface area contributed by atoms with Crippen molar-refractivity contribution in [3.63, 3.8) is 0 Å². The molecule has 0 aromatic carbocycles. The molecule has 2 N–H and O–H groups in total. The van der Waals surface area contributed by atoms with E-state index in [1.165, 1.54) is 0 Å². The summed E-state index contributed by atoms with van der Waals surface area (Å²) in [6.45, 7) is 1.93. The zero-order valence-electron chi connectivity index (χ0n) is 7.96. The Morgan fingerprint density at radius 2 is 2.21 bits per heavy atom. The summed E-state index contributed by atoms with van der Waals surface area (Å²) >= 11 is 0. The van der Waals surface area contributed by atoms with E-state index < -0.39 is 0 Å². The van der Waals surface area contributed by atoms with Crippen LogP contribution in [0.2, 0.25) is 0 Å². The van der Waals surface area contributed by atoms with E-state index in [0.29, 0.717) is 0 Å². The molecule has 4 heteroatoms. The van der Waals surface area contributed by atoms with Gasteiger partial charge in [0.2, 0.25) is 0 Å². The summed E-state index contributed by atoms with van der Waals surface area (Å²) in [6, 6.07) is 5.67. The summed E-state index contributed by atoms with van der Waals surface area (Å²) in [5.74, 6) is 0.799. The average Bonchev–Trinajstić information content (AvgIpc) is 2.70. The third kappa shape index (κ3) is 1.52. The van der Waals surface area contributed by atoms with Crippen LogP contribution < -0.4 is 5.73 Å². The number of aromatic nitrogens is 3. The molecule has 2 rings (SSSR count). The van der Waals surface area contributed by atoms with Crippen molar-refractivity contribution in [3.05, 3.63) is 42.4 Å². The van der Waals surface area contributed by atoms with Crippen LogP contribution in [0.3, 0.4) is 0 Å². The minimum atomic E-state index is -0.0390. The molecule has 0 fully saturated rings. The number of rotatable bonds is 2. The third-order valence-electron chi connectivity index (χ3n) is 2.03. The van der Waals surface area contributed by atoms with E-state index in [0.717, 1.165) is 11.4 Å². The maximum atomic E-state index is 5.84. The second-order valence-electron chi connectivity index (χ2n) is 3.16. The maximum absolute atomic E-state index is 5.84. The SMILES string of the molecule is CC(N)c1cccnc1-n1cccn1. The standard InChI is InChI=1S/C10H12N4/c1-8(11)9-4-2-5-12-10(9)14-7-3-6-13-14/h2-8H,11H2,1H3. The Balaban J connectivity index is 2.53. The number of nitrogens with zero attached hydrogens (tertiary/aromatic N) is 3. The highest BCUT2D eigenvalue weighted by atomic mass is 15.3. The lowest BCUT2D eigenvalue weighted by Crippen LogP contribution is -2.11. The highest BCUT2D eigenvalue weighted by Gasteiger charge is 2.08. The molecule has 0 aliphatic carbocycles. The number of pyridine rings is 1. The van der Waals surface area contributed by atoms with Crippen LogP contribution in [0.1, 0.15) is 18.5 Å². The predicted molar refractivity (Wildman–Crippen MR) is 54.0 cm³/mol. The van der Waals surface area contributed by atoms with E-state index in [4.69, 9.17) is 5.73 Å². The van der Waals surface area contributed by atoms with E-state index in [9.17, 15) is 0 Å². The molecule has 0 aliphatic heterocycles. The zero-order valence-corrected chi connectivity index (χ0v) is 7.96. The van der Waals surface area contributed by atoms with Crippen molar-refractivity contribution in [2.75, 3.05) is 0 Å². The summed E-state index contributed by atoms with van der Waals surface area (Å²) < 4.78 is 1.72. The van der Waals surface area contributed by atoms with E-state index in [-0.39, 0.29) is 6.04 Å². The molecular weight excluding hydrogens is 176 g/mol. The van der Waals surface area contributed by atoms with Gasteiger partial charge in [-0.2, -0.15) is 5.10 Å². The van der Waals surface area contributed by atoms with Crippen LogP contribution in [0.25, 0.3) is 5.82 Å². The molecule has 2 heterocycles. The number of hydrogen-bond acceptors (Lipinski definition) is 3. The highest BCUT2D eigenvalue weighted by Crippen LogP contribution is 2.15. The van der Waals surface area contributed by atoms with Gasteiger partial charge in [-0.1, -0.05) is 6.07 Å². The molecule has 0 spiro atoms. The molecule has 0 bridgehead atoms. The van der Waals surface area contributed by atoms with Crippen LogP contribution in [0, 0.1) is 0 Å². The van der Waals surface area contributed by atoms with E-state index in [2.05, 4.69) is 10.1 Å². The number of hydrogen-bond donors (Lipinski definition) is 1. The fourth-order valence-corrected chi connectivity index (χ4v) is 1.35. The Morgan fingerprint density at radius 1 is 1.36 bits per heavy atom. The Bertz CT molecular complexity index is 406. The van der Waals surface area contributed by atoms with E-state index >= 15 is 0 Å². The van der Waals surface area contributed by atoms with Gasteiger partial charge < -0.3 is 5.73 Å². The molecule has 0 saturated heterocycles. The quantitative estimate of drug-likeness (QED) is 0.772. The largest absolute Gasteiger partial charge is 0.324 e. The van der Waals surface area contributed by atoms with Crippen LogP contribution in [0.5, 0.6) is 0 Å². The van der Waals surface area contributed by atoms with Crippen molar-refractivity contribution >= 4 is 0 Å². The van der Waals surface area contributed by atoms with Gasteiger partial charge in [-0.05, 0) is 19.1 Å². The molecule has 14 heavy (non-hydrogen) atoms.